The molecule has 21 heavy (non-hydrogen) atoms. The molecule has 0 saturated carbocycles. The second-order valence-corrected chi connectivity index (χ2v) is 4.92. The Balaban J connectivity index is 2.08. The van der Waals surface area contributed by atoms with E-state index >= 15 is 0 Å². The maximum atomic E-state index is 12.0. The molecule has 2 aromatic rings. The van der Waals surface area contributed by atoms with Crippen LogP contribution in [-0.4, -0.2) is 10.9 Å². The summed E-state index contributed by atoms with van der Waals surface area (Å²) in [6.07, 6.45) is 0. The van der Waals surface area contributed by atoms with Crippen molar-refractivity contribution in [3.05, 3.63) is 69.8 Å². The number of nitro benzene ring substituents is 1. The molecule has 0 saturated heterocycles. The highest BCUT2D eigenvalue weighted by Gasteiger charge is 2.11. The number of esters is 1. The molecule has 108 valence electrons. The van der Waals surface area contributed by atoms with Crippen molar-refractivity contribution in [1.82, 2.24) is 0 Å². The van der Waals surface area contributed by atoms with Gasteiger partial charge in [0.25, 0.3) is 5.69 Å². The number of nitrogens with zero attached hydrogens (tertiary/aromatic N) is 1. The minimum absolute atomic E-state index is 0.0453. The van der Waals surface area contributed by atoms with Crippen molar-refractivity contribution in [2.45, 2.75) is 19.8 Å². The highest BCUT2D eigenvalue weighted by atomic mass is 16.6. The van der Waals surface area contributed by atoms with Gasteiger partial charge in [0.2, 0.25) is 0 Å². The Morgan fingerprint density at radius 1 is 1.05 bits per heavy atom. The summed E-state index contributed by atoms with van der Waals surface area (Å²) in [5.41, 5.74) is 1.54. The Labute approximate surface area is 122 Å². The van der Waals surface area contributed by atoms with E-state index in [1.807, 2.05) is 12.1 Å². The normalized spacial score (nSPS) is 10.4. The summed E-state index contributed by atoms with van der Waals surface area (Å²) >= 11 is 0. The third-order valence-corrected chi connectivity index (χ3v) is 3.07. The van der Waals surface area contributed by atoms with Gasteiger partial charge in [-0.3, -0.25) is 10.1 Å². The molecule has 5 heteroatoms. The summed E-state index contributed by atoms with van der Waals surface area (Å²) in [5.74, 6) is 0.183. The number of carbonyl (C=O) groups is 1. The third-order valence-electron chi connectivity index (χ3n) is 3.07. The van der Waals surface area contributed by atoms with Gasteiger partial charge in [-0.25, -0.2) is 4.79 Å². The topological polar surface area (TPSA) is 69.4 Å². The van der Waals surface area contributed by atoms with Crippen molar-refractivity contribution in [3.63, 3.8) is 0 Å². The highest BCUT2D eigenvalue weighted by molar-refractivity contribution is 5.91. The fourth-order valence-electron chi connectivity index (χ4n) is 1.81. The van der Waals surface area contributed by atoms with Crippen LogP contribution in [-0.2, 0) is 0 Å². The first-order valence-electron chi connectivity index (χ1n) is 6.54. The summed E-state index contributed by atoms with van der Waals surface area (Å²) in [5, 5.41) is 10.5. The predicted octanol–water partition coefficient (Wildman–Crippen LogP) is 3.94. The van der Waals surface area contributed by atoms with Crippen LogP contribution < -0.4 is 4.74 Å². The van der Waals surface area contributed by atoms with E-state index < -0.39 is 10.9 Å². The minimum atomic E-state index is -0.504. The predicted molar refractivity (Wildman–Crippen MR) is 78.6 cm³/mol. The van der Waals surface area contributed by atoms with E-state index in [1.54, 1.807) is 12.1 Å². The molecule has 0 amide bonds. The average molecular weight is 285 g/mol. The maximum Gasteiger partial charge on any atom is 0.343 e. The van der Waals surface area contributed by atoms with Gasteiger partial charge < -0.3 is 4.74 Å². The molecule has 2 rings (SSSR count). The zero-order chi connectivity index (χ0) is 15.4. The lowest BCUT2D eigenvalue weighted by molar-refractivity contribution is -0.384. The Hall–Kier alpha value is -2.69. The van der Waals surface area contributed by atoms with Crippen molar-refractivity contribution in [1.29, 1.82) is 0 Å². The lowest BCUT2D eigenvalue weighted by atomic mass is 10.0. The molecule has 0 unspecified atom stereocenters. The molecule has 0 bridgehead atoms. The average Bonchev–Trinajstić information content (AvgIpc) is 2.47. The van der Waals surface area contributed by atoms with E-state index in [0.29, 0.717) is 11.5 Å². The second kappa shape index (κ2) is 6.17. The largest absolute Gasteiger partial charge is 0.423 e. The van der Waals surface area contributed by atoms with Crippen LogP contribution in [0.3, 0.4) is 0 Å². The highest BCUT2D eigenvalue weighted by Crippen LogP contribution is 2.19. The molecule has 0 heterocycles. The van der Waals surface area contributed by atoms with Crippen molar-refractivity contribution < 1.29 is 14.5 Å². The molecule has 0 radical (unpaired) electrons. The molecule has 0 spiro atoms. The van der Waals surface area contributed by atoms with Gasteiger partial charge in [0.15, 0.2) is 0 Å². The van der Waals surface area contributed by atoms with Crippen LogP contribution in [0.4, 0.5) is 5.69 Å². The Morgan fingerprint density at radius 3 is 2.10 bits per heavy atom. The number of nitro groups is 1. The number of carbonyl (C=O) groups excluding carboxylic acids is 1. The summed E-state index contributed by atoms with van der Waals surface area (Å²) in [4.78, 5) is 22.0. The fraction of sp³-hybridized carbons (Fsp3) is 0.188. The number of benzene rings is 2. The molecule has 0 fully saturated rings. The van der Waals surface area contributed by atoms with E-state index in [1.165, 1.54) is 24.3 Å². The van der Waals surface area contributed by atoms with Crippen LogP contribution in [0.15, 0.2) is 48.5 Å². The number of hydrogen-bond donors (Lipinski definition) is 0. The lowest BCUT2D eigenvalue weighted by Gasteiger charge is -2.07. The third kappa shape index (κ3) is 3.66. The van der Waals surface area contributed by atoms with Crippen LogP contribution in [0.2, 0.25) is 0 Å². The summed E-state index contributed by atoms with van der Waals surface area (Å²) in [7, 11) is 0. The van der Waals surface area contributed by atoms with E-state index in [4.69, 9.17) is 4.74 Å². The molecule has 2 aromatic carbocycles. The van der Waals surface area contributed by atoms with Gasteiger partial charge in [-0.2, -0.15) is 0 Å². The first-order valence-corrected chi connectivity index (χ1v) is 6.54. The molecular weight excluding hydrogens is 270 g/mol. The molecule has 5 nitrogen and oxygen atoms in total. The lowest BCUT2D eigenvalue weighted by Crippen LogP contribution is -2.08. The minimum Gasteiger partial charge on any atom is -0.423 e. The van der Waals surface area contributed by atoms with E-state index in [9.17, 15) is 14.9 Å². The van der Waals surface area contributed by atoms with Crippen molar-refractivity contribution in [2.24, 2.45) is 0 Å². The molecular formula is C16H15NO4. The Morgan fingerprint density at radius 2 is 1.62 bits per heavy atom. The monoisotopic (exact) mass is 285 g/mol. The van der Waals surface area contributed by atoms with Crippen LogP contribution in [0.5, 0.6) is 5.75 Å². The van der Waals surface area contributed by atoms with E-state index in [2.05, 4.69) is 13.8 Å². The van der Waals surface area contributed by atoms with Crippen LogP contribution in [0.25, 0.3) is 0 Å². The molecule has 0 aromatic heterocycles. The summed E-state index contributed by atoms with van der Waals surface area (Å²) in [6, 6.07) is 12.6. The molecule has 0 atom stereocenters. The van der Waals surface area contributed by atoms with Gasteiger partial charge in [0.1, 0.15) is 5.75 Å². The number of hydrogen-bond acceptors (Lipinski definition) is 4. The van der Waals surface area contributed by atoms with Crippen LogP contribution in [0, 0.1) is 10.1 Å². The van der Waals surface area contributed by atoms with E-state index in [-0.39, 0.29) is 11.4 Å². The number of rotatable bonds is 4. The number of non-ortho nitro benzene ring substituents is 1. The molecule has 0 N–H and O–H groups in total. The van der Waals surface area contributed by atoms with Crippen molar-refractivity contribution in [2.75, 3.05) is 0 Å². The Kier molecular flexibility index (Phi) is 4.33. The van der Waals surface area contributed by atoms with Gasteiger partial charge in [-0.1, -0.05) is 26.0 Å². The summed E-state index contributed by atoms with van der Waals surface area (Å²) in [6.45, 7) is 4.15. The fourth-order valence-corrected chi connectivity index (χ4v) is 1.81. The van der Waals surface area contributed by atoms with Crippen molar-refractivity contribution in [3.8, 4) is 5.75 Å². The first kappa shape index (κ1) is 14.7. The molecule has 0 aliphatic heterocycles. The zero-order valence-electron chi connectivity index (χ0n) is 11.8. The second-order valence-electron chi connectivity index (χ2n) is 4.92. The SMILES string of the molecule is CC(C)c1ccc(C(=O)Oc2ccc([N+](=O)[O-])cc2)cc1. The van der Waals surface area contributed by atoms with E-state index in [0.717, 1.165) is 5.56 Å². The molecule has 0 aliphatic rings. The maximum absolute atomic E-state index is 12.0. The molecule has 0 aliphatic carbocycles. The van der Waals surface area contributed by atoms with Gasteiger partial charge in [-0.05, 0) is 35.7 Å². The quantitative estimate of drug-likeness (QED) is 0.369. The smallest absolute Gasteiger partial charge is 0.343 e. The zero-order valence-corrected chi connectivity index (χ0v) is 11.8. The van der Waals surface area contributed by atoms with Gasteiger partial charge >= 0.3 is 5.97 Å². The Bertz CT molecular complexity index is 645. The van der Waals surface area contributed by atoms with Gasteiger partial charge in [-0.15, -0.1) is 0 Å². The number of ether oxygens (including phenoxy) is 1. The van der Waals surface area contributed by atoms with Gasteiger partial charge in [0.05, 0.1) is 10.5 Å². The van der Waals surface area contributed by atoms with Gasteiger partial charge in [0, 0.05) is 12.1 Å². The first-order chi connectivity index (χ1) is 9.97. The van der Waals surface area contributed by atoms with Crippen LogP contribution >= 0.6 is 0 Å². The van der Waals surface area contributed by atoms with Crippen LogP contribution in [0.1, 0.15) is 35.7 Å². The summed E-state index contributed by atoms with van der Waals surface area (Å²) < 4.78 is 5.17. The standard InChI is InChI=1S/C16H15NO4/c1-11(2)12-3-5-13(6-4-12)16(18)21-15-9-7-14(8-10-15)17(19)20/h3-11H,1-2H3. The van der Waals surface area contributed by atoms with Crippen molar-refractivity contribution >= 4 is 11.7 Å².